The second-order valence-electron chi connectivity index (χ2n) is 7.52. The number of esters is 1. The van der Waals surface area contributed by atoms with E-state index >= 15 is 0 Å². The monoisotopic (exact) mass is 404 g/mol. The van der Waals surface area contributed by atoms with E-state index < -0.39 is 18.0 Å². The lowest BCUT2D eigenvalue weighted by Crippen LogP contribution is -2.34. The van der Waals surface area contributed by atoms with Crippen molar-refractivity contribution in [3.8, 4) is 0 Å². The maximum atomic E-state index is 12.3. The van der Waals surface area contributed by atoms with E-state index in [2.05, 4.69) is 36.3 Å². The lowest BCUT2D eigenvalue weighted by molar-refractivity contribution is -0.151. The first-order valence-corrected chi connectivity index (χ1v) is 9.25. The molecular formula is C20H25ClN4O3. The van der Waals surface area contributed by atoms with Crippen molar-refractivity contribution < 1.29 is 14.3 Å². The molecule has 0 fully saturated rings. The van der Waals surface area contributed by atoms with Crippen molar-refractivity contribution >= 4 is 35.0 Å². The van der Waals surface area contributed by atoms with Gasteiger partial charge in [0, 0.05) is 12.7 Å². The molecule has 0 aliphatic heterocycles. The maximum absolute atomic E-state index is 12.3. The van der Waals surface area contributed by atoms with Gasteiger partial charge in [0.25, 0.3) is 5.91 Å². The van der Waals surface area contributed by atoms with E-state index in [1.165, 1.54) is 12.5 Å². The van der Waals surface area contributed by atoms with Gasteiger partial charge in [-0.25, -0.2) is 0 Å². The molecule has 0 spiro atoms. The highest BCUT2D eigenvalue weighted by Gasteiger charge is 2.20. The summed E-state index contributed by atoms with van der Waals surface area (Å²) in [4.78, 5) is 25.9. The number of amides is 1. The van der Waals surface area contributed by atoms with Gasteiger partial charge in [-0.15, -0.1) is 10.2 Å². The standard InChI is InChI=1S/C20H25ClN4O3/c1-13(19(27)22-15-8-6-14(7-9-15)20(2,3)4)28-18(26)12-25(5)17-11-10-16(21)23-24-17/h6-11,13H,12H2,1-5H3,(H,22,27). The predicted molar refractivity (Wildman–Crippen MR) is 110 cm³/mol. The van der Waals surface area contributed by atoms with Gasteiger partial charge < -0.3 is 15.0 Å². The minimum atomic E-state index is -0.931. The van der Waals surface area contributed by atoms with Crippen LogP contribution in [0.5, 0.6) is 0 Å². The van der Waals surface area contributed by atoms with E-state index in [0.717, 1.165) is 0 Å². The van der Waals surface area contributed by atoms with Crippen molar-refractivity contribution in [2.75, 3.05) is 23.8 Å². The predicted octanol–water partition coefficient (Wildman–Crippen LogP) is 3.43. The number of hydrogen-bond acceptors (Lipinski definition) is 6. The van der Waals surface area contributed by atoms with Gasteiger partial charge in [-0.05, 0) is 42.2 Å². The normalized spacial score (nSPS) is 12.2. The van der Waals surface area contributed by atoms with Crippen molar-refractivity contribution in [3.05, 3.63) is 47.1 Å². The maximum Gasteiger partial charge on any atom is 0.326 e. The Balaban J connectivity index is 1.87. The summed E-state index contributed by atoms with van der Waals surface area (Å²) in [6.07, 6.45) is -0.931. The lowest BCUT2D eigenvalue weighted by Gasteiger charge is -2.20. The Hall–Kier alpha value is -2.67. The minimum absolute atomic E-state index is 0.0336. The van der Waals surface area contributed by atoms with Gasteiger partial charge in [0.05, 0.1) is 0 Å². The molecule has 0 bridgehead atoms. The highest BCUT2D eigenvalue weighted by Crippen LogP contribution is 2.23. The molecule has 1 heterocycles. The third-order valence-corrected chi connectivity index (χ3v) is 4.27. The summed E-state index contributed by atoms with van der Waals surface area (Å²) >= 11 is 5.69. The van der Waals surface area contributed by atoms with E-state index in [0.29, 0.717) is 11.5 Å². The van der Waals surface area contributed by atoms with Crippen LogP contribution >= 0.6 is 11.6 Å². The zero-order valence-corrected chi connectivity index (χ0v) is 17.4. The molecule has 0 radical (unpaired) electrons. The average Bonchev–Trinajstić information content (AvgIpc) is 2.61. The molecule has 0 aliphatic rings. The van der Waals surface area contributed by atoms with Gasteiger partial charge >= 0.3 is 5.97 Å². The molecule has 0 aliphatic carbocycles. The summed E-state index contributed by atoms with van der Waals surface area (Å²) < 4.78 is 5.21. The number of rotatable bonds is 6. The number of carbonyl (C=O) groups is 2. The number of aromatic nitrogens is 2. The minimum Gasteiger partial charge on any atom is -0.451 e. The number of hydrogen-bond donors (Lipinski definition) is 1. The molecule has 1 unspecified atom stereocenters. The second kappa shape index (κ2) is 9.01. The number of nitrogens with one attached hydrogen (secondary N) is 1. The van der Waals surface area contributed by atoms with Gasteiger partial charge in [0.1, 0.15) is 6.54 Å². The Morgan fingerprint density at radius 1 is 1.14 bits per heavy atom. The summed E-state index contributed by atoms with van der Waals surface area (Å²) in [6, 6.07) is 10.8. The van der Waals surface area contributed by atoms with E-state index in [1.54, 1.807) is 24.1 Å². The summed E-state index contributed by atoms with van der Waals surface area (Å²) in [5.41, 5.74) is 1.85. The number of carbonyl (C=O) groups excluding carboxylic acids is 2. The number of likely N-dealkylation sites (N-methyl/N-ethyl adjacent to an activating group) is 1. The summed E-state index contributed by atoms with van der Waals surface area (Å²) in [5, 5.41) is 10.6. The quantitative estimate of drug-likeness (QED) is 0.742. The molecule has 1 atom stereocenters. The van der Waals surface area contributed by atoms with E-state index in [-0.39, 0.29) is 17.1 Å². The zero-order chi connectivity index (χ0) is 20.9. The number of nitrogens with zero attached hydrogens (tertiary/aromatic N) is 3. The number of halogens is 1. The van der Waals surface area contributed by atoms with Crippen molar-refractivity contribution in [1.29, 1.82) is 0 Å². The lowest BCUT2D eigenvalue weighted by atomic mass is 9.87. The molecule has 150 valence electrons. The van der Waals surface area contributed by atoms with Crippen LogP contribution in [0.15, 0.2) is 36.4 Å². The molecule has 1 aromatic heterocycles. The Kier molecular flexibility index (Phi) is 6.96. The fourth-order valence-corrected chi connectivity index (χ4v) is 2.47. The molecule has 0 saturated heterocycles. The van der Waals surface area contributed by atoms with Crippen LogP contribution < -0.4 is 10.2 Å². The Morgan fingerprint density at radius 2 is 1.79 bits per heavy atom. The molecule has 2 aromatic rings. The van der Waals surface area contributed by atoms with Gasteiger partial charge in [-0.3, -0.25) is 9.59 Å². The van der Waals surface area contributed by atoms with Gasteiger partial charge in [0.2, 0.25) is 0 Å². The first kappa shape index (κ1) is 21.6. The Labute approximate surface area is 170 Å². The van der Waals surface area contributed by atoms with Crippen LogP contribution in [0.1, 0.15) is 33.3 Å². The molecule has 0 saturated carbocycles. The van der Waals surface area contributed by atoms with Crippen molar-refractivity contribution in [2.24, 2.45) is 0 Å². The zero-order valence-electron chi connectivity index (χ0n) is 16.7. The number of ether oxygens (including phenoxy) is 1. The molecule has 1 N–H and O–H groups in total. The second-order valence-corrected chi connectivity index (χ2v) is 7.91. The highest BCUT2D eigenvalue weighted by molar-refractivity contribution is 6.29. The smallest absolute Gasteiger partial charge is 0.326 e. The van der Waals surface area contributed by atoms with Crippen LogP contribution in [-0.4, -0.2) is 41.8 Å². The Bertz CT molecular complexity index is 817. The average molecular weight is 405 g/mol. The van der Waals surface area contributed by atoms with Gasteiger partial charge in [0.15, 0.2) is 17.1 Å². The van der Waals surface area contributed by atoms with E-state index in [4.69, 9.17) is 16.3 Å². The van der Waals surface area contributed by atoms with E-state index in [1.807, 2.05) is 24.3 Å². The topological polar surface area (TPSA) is 84.4 Å². The fourth-order valence-electron chi connectivity index (χ4n) is 2.37. The van der Waals surface area contributed by atoms with Crippen molar-refractivity contribution in [2.45, 2.75) is 39.2 Å². The molecule has 2 rings (SSSR count). The van der Waals surface area contributed by atoms with Crippen molar-refractivity contribution in [1.82, 2.24) is 10.2 Å². The van der Waals surface area contributed by atoms with Crippen LogP contribution in [0.2, 0.25) is 5.15 Å². The molecule has 7 nitrogen and oxygen atoms in total. The highest BCUT2D eigenvalue weighted by atomic mass is 35.5. The first-order valence-electron chi connectivity index (χ1n) is 8.87. The molecule has 1 aromatic carbocycles. The van der Waals surface area contributed by atoms with Crippen LogP contribution in [0.4, 0.5) is 11.5 Å². The van der Waals surface area contributed by atoms with Gasteiger partial charge in [-0.1, -0.05) is 44.5 Å². The van der Waals surface area contributed by atoms with Crippen LogP contribution in [0.3, 0.4) is 0 Å². The largest absolute Gasteiger partial charge is 0.451 e. The summed E-state index contributed by atoms with van der Waals surface area (Å²) in [7, 11) is 1.67. The Morgan fingerprint density at radius 3 is 2.32 bits per heavy atom. The molecule has 28 heavy (non-hydrogen) atoms. The molecular weight excluding hydrogens is 380 g/mol. The van der Waals surface area contributed by atoms with Crippen LogP contribution in [0.25, 0.3) is 0 Å². The molecule has 1 amide bonds. The summed E-state index contributed by atoms with van der Waals surface area (Å²) in [6.45, 7) is 7.81. The van der Waals surface area contributed by atoms with Crippen LogP contribution in [-0.2, 0) is 19.7 Å². The fraction of sp³-hybridized carbons (Fsp3) is 0.400. The third-order valence-electron chi connectivity index (χ3n) is 4.07. The summed E-state index contributed by atoms with van der Waals surface area (Å²) in [5.74, 6) is -0.479. The third kappa shape index (κ3) is 6.20. The van der Waals surface area contributed by atoms with Crippen molar-refractivity contribution in [3.63, 3.8) is 0 Å². The number of benzene rings is 1. The number of anilines is 2. The molecule has 8 heteroatoms. The first-order chi connectivity index (χ1) is 13.1. The SMILES string of the molecule is CC(OC(=O)CN(C)c1ccc(Cl)nn1)C(=O)Nc1ccc(C(C)(C)C)cc1. The van der Waals surface area contributed by atoms with E-state index in [9.17, 15) is 9.59 Å². The van der Waals surface area contributed by atoms with Gasteiger partial charge in [-0.2, -0.15) is 0 Å². The van der Waals surface area contributed by atoms with Crippen LogP contribution in [0, 0.1) is 0 Å².